The van der Waals surface area contributed by atoms with Gasteiger partial charge in [0.15, 0.2) is 0 Å². The molecule has 0 unspecified atom stereocenters. The van der Waals surface area contributed by atoms with Gasteiger partial charge in [-0.1, -0.05) is 151 Å². The van der Waals surface area contributed by atoms with E-state index in [1.807, 2.05) is 91.0 Å². The van der Waals surface area contributed by atoms with Gasteiger partial charge in [-0.2, -0.15) is 0 Å². The predicted octanol–water partition coefficient (Wildman–Crippen LogP) is 8.46. The molecule has 0 fully saturated rings. The first-order chi connectivity index (χ1) is 21.0. The van der Waals surface area contributed by atoms with Crippen molar-refractivity contribution in [2.45, 2.75) is 0 Å². The molecule has 0 radical (unpaired) electrons. The summed E-state index contributed by atoms with van der Waals surface area (Å²) in [7, 11) is -1.43. The number of fused-ring (bicyclic) bond motifs is 3. The molecule has 2 aromatic heterocycles. The number of rotatable bonds is 4. The fraction of sp³-hybridized carbons (Fsp3) is 0. The standard InChI is InChI=1S/C24H14Cl2N2.C12H11BO2/c25-21-13-19(15-7-3-1-4-8-15)17-11-12-18-20(16-9-5-2-6-10-16)14-22(26)28-24(18)23(17)27-21;14-13(15)12-9-5-4-8-11(12)10-6-2-1-3-7-10/h1-14H;1-9,14-15H. The van der Waals surface area contributed by atoms with Crippen LogP contribution in [-0.4, -0.2) is 27.1 Å². The van der Waals surface area contributed by atoms with Crippen LogP contribution in [0.15, 0.2) is 140 Å². The molecule has 7 rings (SSSR count). The van der Waals surface area contributed by atoms with Crippen LogP contribution in [-0.2, 0) is 0 Å². The van der Waals surface area contributed by atoms with Gasteiger partial charge in [-0.3, -0.25) is 0 Å². The topological polar surface area (TPSA) is 66.2 Å². The highest BCUT2D eigenvalue weighted by Gasteiger charge is 2.16. The third-order valence-electron chi connectivity index (χ3n) is 7.19. The first-order valence-electron chi connectivity index (χ1n) is 13.7. The number of pyridine rings is 2. The molecular formula is C36H25BCl2N2O2. The maximum atomic E-state index is 9.22. The van der Waals surface area contributed by atoms with Gasteiger partial charge in [0, 0.05) is 10.8 Å². The molecule has 2 heterocycles. The van der Waals surface area contributed by atoms with E-state index in [1.54, 1.807) is 12.1 Å². The fourth-order valence-corrected chi connectivity index (χ4v) is 5.62. The van der Waals surface area contributed by atoms with Crippen LogP contribution in [0.3, 0.4) is 0 Å². The van der Waals surface area contributed by atoms with E-state index < -0.39 is 7.12 Å². The zero-order chi connectivity index (χ0) is 29.8. The molecule has 0 amide bonds. The van der Waals surface area contributed by atoms with E-state index in [-0.39, 0.29) is 0 Å². The highest BCUT2D eigenvalue weighted by molar-refractivity contribution is 6.60. The summed E-state index contributed by atoms with van der Waals surface area (Å²) in [4.78, 5) is 9.22. The second-order valence-electron chi connectivity index (χ2n) is 9.90. The first kappa shape index (κ1) is 28.6. The molecule has 0 atom stereocenters. The van der Waals surface area contributed by atoms with Crippen LogP contribution in [0.5, 0.6) is 0 Å². The van der Waals surface area contributed by atoms with E-state index >= 15 is 0 Å². The normalized spacial score (nSPS) is 10.8. The van der Waals surface area contributed by atoms with Gasteiger partial charge in [0.05, 0.1) is 11.0 Å². The molecule has 5 aromatic carbocycles. The van der Waals surface area contributed by atoms with E-state index in [4.69, 9.17) is 23.2 Å². The second kappa shape index (κ2) is 12.8. The van der Waals surface area contributed by atoms with Gasteiger partial charge in [0.25, 0.3) is 0 Å². The van der Waals surface area contributed by atoms with E-state index in [2.05, 4.69) is 46.4 Å². The van der Waals surface area contributed by atoms with Crippen molar-refractivity contribution in [1.82, 2.24) is 9.97 Å². The van der Waals surface area contributed by atoms with Gasteiger partial charge in [-0.25, -0.2) is 9.97 Å². The van der Waals surface area contributed by atoms with Crippen molar-refractivity contribution in [2.24, 2.45) is 0 Å². The van der Waals surface area contributed by atoms with Gasteiger partial charge in [0.2, 0.25) is 0 Å². The summed E-state index contributed by atoms with van der Waals surface area (Å²) in [6.07, 6.45) is 0. The zero-order valence-electron chi connectivity index (χ0n) is 22.9. The predicted molar refractivity (Wildman–Crippen MR) is 180 cm³/mol. The summed E-state index contributed by atoms with van der Waals surface area (Å²) < 4.78 is 0. The maximum Gasteiger partial charge on any atom is 0.489 e. The number of hydrogen-bond donors (Lipinski definition) is 2. The van der Waals surface area contributed by atoms with Gasteiger partial charge < -0.3 is 10.0 Å². The maximum absolute atomic E-state index is 9.22. The van der Waals surface area contributed by atoms with Crippen LogP contribution in [0.4, 0.5) is 0 Å². The van der Waals surface area contributed by atoms with Gasteiger partial charge in [0.1, 0.15) is 10.3 Å². The molecule has 7 aromatic rings. The molecule has 0 aliphatic carbocycles. The third-order valence-corrected chi connectivity index (χ3v) is 7.58. The molecule has 0 aliphatic rings. The van der Waals surface area contributed by atoms with Crippen LogP contribution >= 0.6 is 23.2 Å². The molecule has 208 valence electrons. The Hall–Kier alpha value is -4.52. The molecule has 4 nitrogen and oxygen atoms in total. The van der Waals surface area contributed by atoms with E-state index in [0.717, 1.165) is 55.2 Å². The molecule has 43 heavy (non-hydrogen) atoms. The number of nitrogens with zero attached hydrogens (tertiary/aromatic N) is 2. The van der Waals surface area contributed by atoms with Crippen LogP contribution in [0.1, 0.15) is 0 Å². The van der Waals surface area contributed by atoms with Crippen LogP contribution in [0.25, 0.3) is 55.2 Å². The summed E-state index contributed by atoms with van der Waals surface area (Å²) in [5, 5.41) is 21.3. The Kier molecular flexibility index (Phi) is 8.50. The highest BCUT2D eigenvalue weighted by Crippen LogP contribution is 2.37. The average molecular weight is 599 g/mol. The Labute approximate surface area is 260 Å². The van der Waals surface area contributed by atoms with Crippen molar-refractivity contribution in [3.8, 4) is 33.4 Å². The lowest BCUT2D eigenvalue weighted by molar-refractivity contribution is 0.426. The number of hydrogen-bond acceptors (Lipinski definition) is 4. The summed E-state index contributed by atoms with van der Waals surface area (Å²) in [5.41, 5.74) is 8.11. The second-order valence-corrected chi connectivity index (χ2v) is 10.7. The minimum atomic E-state index is -1.43. The Morgan fingerprint density at radius 2 is 0.814 bits per heavy atom. The molecule has 0 saturated heterocycles. The van der Waals surface area contributed by atoms with Crippen LogP contribution in [0, 0.1) is 0 Å². The molecule has 0 saturated carbocycles. The Morgan fingerprint density at radius 3 is 1.23 bits per heavy atom. The van der Waals surface area contributed by atoms with Crippen molar-refractivity contribution in [3.05, 3.63) is 150 Å². The smallest absolute Gasteiger partial charge is 0.423 e. The van der Waals surface area contributed by atoms with Gasteiger partial charge in [-0.05, 0) is 51.0 Å². The van der Waals surface area contributed by atoms with E-state index in [1.165, 1.54) is 0 Å². The van der Waals surface area contributed by atoms with Crippen molar-refractivity contribution >= 4 is 57.6 Å². The Bertz CT molecular complexity index is 1920. The SMILES string of the molecule is Clc1cc(-c2ccccc2)c2ccc3c(-c4ccccc4)cc(Cl)nc3c2n1.OB(O)c1ccccc1-c1ccccc1. The molecule has 0 spiro atoms. The van der Waals surface area contributed by atoms with Gasteiger partial charge >= 0.3 is 7.12 Å². The highest BCUT2D eigenvalue weighted by atomic mass is 35.5. The lowest BCUT2D eigenvalue weighted by atomic mass is 9.75. The van der Waals surface area contributed by atoms with Crippen molar-refractivity contribution < 1.29 is 10.0 Å². The van der Waals surface area contributed by atoms with Crippen LogP contribution in [0.2, 0.25) is 10.3 Å². The fourth-order valence-electron chi connectivity index (χ4n) is 5.23. The quantitative estimate of drug-likeness (QED) is 0.121. The molecule has 7 heteroatoms. The van der Waals surface area contributed by atoms with Crippen molar-refractivity contribution in [1.29, 1.82) is 0 Å². The lowest BCUT2D eigenvalue weighted by Crippen LogP contribution is -2.31. The molecular weight excluding hydrogens is 574 g/mol. The largest absolute Gasteiger partial charge is 0.489 e. The van der Waals surface area contributed by atoms with Crippen molar-refractivity contribution in [3.63, 3.8) is 0 Å². The molecule has 2 N–H and O–H groups in total. The summed E-state index contributed by atoms with van der Waals surface area (Å²) in [6.45, 7) is 0. The molecule has 0 bridgehead atoms. The monoisotopic (exact) mass is 598 g/mol. The average Bonchev–Trinajstić information content (AvgIpc) is 3.05. The van der Waals surface area contributed by atoms with Crippen molar-refractivity contribution in [2.75, 3.05) is 0 Å². The number of aromatic nitrogens is 2. The minimum Gasteiger partial charge on any atom is -0.423 e. The van der Waals surface area contributed by atoms with E-state index in [9.17, 15) is 10.0 Å². The zero-order valence-corrected chi connectivity index (χ0v) is 24.4. The first-order valence-corrected chi connectivity index (χ1v) is 14.5. The Balaban J connectivity index is 0.000000185. The van der Waals surface area contributed by atoms with Gasteiger partial charge in [-0.15, -0.1) is 0 Å². The Morgan fingerprint density at radius 1 is 0.442 bits per heavy atom. The number of halogens is 2. The van der Waals surface area contributed by atoms with E-state index in [0.29, 0.717) is 15.8 Å². The number of benzene rings is 5. The third kappa shape index (κ3) is 6.17. The summed E-state index contributed by atoms with van der Waals surface area (Å²) in [6, 6.07) is 45.2. The lowest BCUT2D eigenvalue weighted by Gasteiger charge is -2.12. The van der Waals surface area contributed by atoms with Crippen LogP contribution < -0.4 is 5.46 Å². The summed E-state index contributed by atoms with van der Waals surface area (Å²) >= 11 is 12.8. The minimum absolute atomic E-state index is 0.432. The molecule has 0 aliphatic heterocycles. The summed E-state index contributed by atoms with van der Waals surface area (Å²) in [5.74, 6) is 0.